The van der Waals surface area contributed by atoms with Crippen molar-refractivity contribution in [3.05, 3.63) is 21.7 Å². The van der Waals surface area contributed by atoms with Crippen molar-refractivity contribution in [3.8, 4) is 0 Å². The lowest BCUT2D eigenvalue weighted by molar-refractivity contribution is 0.0523. The summed E-state index contributed by atoms with van der Waals surface area (Å²) in [6, 6.07) is 0. The van der Waals surface area contributed by atoms with Crippen molar-refractivity contribution in [1.29, 1.82) is 0 Å². The highest BCUT2D eigenvalue weighted by Crippen LogP contribution is 2.39. The molecule has 18 heavy (non-hydrogen) atoms. The van der Waals surface area contributed by atoms with E-state index in [2.05, 4.69) is 0 Å². The van der Waals surface area contributed by atoms with Gasteiger partial charge in [-0.2, -0.15) is 0 Å². The van der Waals surface area contributed by atoms with E-state index in [4.69, 9.17) is 9.47 Å². The van der Waals surface area contributed by atoms with E-state index < -0.39 is 0 Å². The van der Waals surface area contributed by atoms with Gasteiger partial charge in [0, 0.05) is 0 Å². The average Bonchev–Trinajstić information content (AvgIpc) is 2.89. The van der Waals surface area contributed by atoms with Gasteiger partial charge in [-0.05, 0) is 44.2 Å². The quantitative estimate of drug-likeness (QED) is 0.787. The Morgan fingerprint density at radius 1 is 1.00 bits per heavy atom. The van der Waals surface area contributed by atoms with Crippen molar-refractivity contribution in [2.75, 3.05) is 13.2 Å². The predicted octanol–water partition coefficient (Wildman–Crippen LogP) is 2.56. The largest absolute Gasteiger partial charge is 0.462 e. The van der Waals surface area contributed by atoms with E-state index in [-0.39, 0.29) is 20.1 Å². The molecule has 0 spiro atoms. The van der Waals surface area contributed by atoms with Crippen molar-refractivity contribution in [2.24, 2.45) is 0 Å². The maximum absolute atomic E-state index is 11.9. The van der Waals surface area contributed by atoms with Gasteiger partial charge in [-0.1, -0.05) is 0 Å². The minimum atomic E-state index is -0.274. The fourth-order valence-corrected chi connectivity index (χ4v) is 3.78. The highest BCUT2D eigenvalue weighted by Gasteiger charge is 2.28. The van der Waals surface area contributed by atoms with Crippen LogP contribution < -0.4 is 0 Å². The summed E-state index contributed by atoms with van der Waals surface area (Å²) in [7, 11) is 0.100. The molecule has 0 bridgehead atoms. The fraction of sp³-hybridized carbons (Fsp3) is 0.538. The van der Waals surface area contributed by atoms with Crippen LogP contribution in [-0.4, -0.2) is 25.2 Å². The van der Waals surface area contributed by atoms with E-state index >= 15 is 0 Å². The molecule has 0 aromatic carbocycles. The van der Waals surface area contributed by atoms with Gasteiger partial charge < -0.3 is 9.47 Å². The maximum atomic E-state index is 11.9. The Morgan fingerprint density at radius 3 is 1.83 bits per heavy atom. The lowest BCUT2D eigenvalue weighted by atomic mass is 10.1. The van der Waals surface area contributed by atoms with Crippen molar-refractivity contribution in [1.82, 2.24) is 0 Å². The van der Waals surface area contributed by atoms with E-state index in [1.54, 1.807) is 13.8 Å². The number of rotatable bonds is 4. The molecule has 0 atom stereocenters. The second kappa shape index (κ2) is 5.57. The molecule has 1 aliphatic rings. The summed E-state index contributed by atoms with van der Waals surface area (Å²) in [6.07, 6.45) is 2.75. The van der Waals surface area contributed by atoms with Crippen LogP contribution in [0.25, 0.3) is 0 Å². The third-order valence-corrected chi connectivity index (χ3v) is 4.54. The van der Waals surface area contributed by atoms with Crippen LogP contribution in [0.1, 0.15) is 51.6 Å². The molecule has 1 aromatic rings. The first-order chi connectivity index (χ1) is 8.69. The summed E-state index contributed by atoms with van der Waals surface area (Å²) in [5.41, 5.74) is 2.07. The molecule has 1 aromatic heterocycles. The van der Waals surface area contributed by atoms with Gasteiger partial charge in [0.1, 0.15) is 0 Å². The summed E-state index contributed by atoms with van der Waals surface area (Å²) in [5, 5.41) is 1.37. The Hall–Kier alpha value is -1.28. The number of carbonyl (C=O) groups excluding carboxylic acids is 2. The number of fused-ring (bicyclic) bond motifs is 1. The van der Waals surface area contributed by atoms with Crippen LogP contribution in [0.2, 0.25) is 0 Å². The summed E-state index contributed by atoms with van der Waals surface area (Å²) in [6.45, 7) is 4.31. The standard InChI is InChI=1S/C13H17O4P/c1-3-16-12(14)10-8-6-5-7-9(8)11(18-10)13(15)17-4-2/h18H,3-7H2,1-2H3. The zero-order valence-corrected chi connectivity index (χ0v) is 11.7. The average molecular weight is 268 g/mol. The SMILES string of the molecule is CCOC(=O)c1[pH]c(C(=O)OCC)c2c1CCC2. The minimum Gasteiger partial charge on any atom is -0.462 e. The van der Waals surface area contributed by atoms with Gasteiger partial charge in [0.15, 0.2) is 0 Å². The molecular formula is C13H17O4P. The molecule has 4 nitrogen and oxygen atoms in total. The van der Waals surface area contributed by atoms with Crippen LogP contribution in [0, 0.1) is 0 Å². The molecule has 0 amide bonds. The lowest BCUT2D eigenvalue weighted by Crippen LogP contribution is -2.04. The van der Waals surface area contributed by atoms with Crippen LogP contribution in [0.3, 0.4) is 0 Å². The molecule has 1 heterocycles. The second-order valence-corrected chi connectivity index (χ2v) is 5.38. The van der Waals surface area contributed by atoms with Crippen molar-refractivity contribution >= 4 is 20.1 Å². The monoisotopic (exact) mass is 268 g/mol. The van der Waals surface area contributed by atoms with Crippen molar-refractivity contribution in [3.63, 3.8) is 0 Å². The highest BCUT2D eigenvalue weighted by molar-refractivity contribution is 7.35. The van der Waals surface area contributed by atoms with E-state index in [0.29, 0.717) is 23.8 Å². The highest BCUT2D eigenvalue weighted by atomic mass is 31.0. The molecule has 0 aliphatic heterocycles. The first-order valence-electron chi connectivity index (χ1n) is 6.27. The van der Waals surface area contributed by atoms with Gasteiger partial charge in [-0.15, -0.1) is 8.19 Å². The first kappa shape index (κ1) is 13.2. The normalized spacial score (nSPS) is 13.2. The maximum Gasteiger partial charge on any atom is 0.342 e. The zero-order valence-electron chi connectivity index (χ0n) is 10.7. The van der Waals surface area contributed by atoms with Crippen LogP contribution in [0.4, 0.5) is 0 Å². The van der Waals surface area contributed by atoms with Gasteiger partial charge in [0.25, 0.3) is 0 Å². The van der Waals surface area contributed by atoms with Crippen LogP contribution >= 0.6 is 8.19 Å². The zero-order chi connectivity index (χ0) is 13.1. The molecule has 1 aliphatic carbocycles. The number of ether oxygens (including phenoxy) is 2. The number of carbonyl (C=O) groups is 2. The smallest absolute Gasteiger partial charge is 0.342 e. The Labute approximate surface area is 108 Å². The van der Waals surface area contributed by atoms with Gasteiger partial charge in [0.2, 0.25) is 0 Å². The molecule has 0 saturated heterocycles. The molecule has 0 saturated carbocycles. The Kier molecular flexibility index (Phi) is 4.07. The Balaban J connectivity index is 2.36. The van der Waals surface area contributed by atoms with E-state index in [1.165, 1.54) is 0 Å². The van der Waals surface area contributed by atoms with Crippen LogP contribution in [-0.2, 0) is 22.3 Å². The van der Waals surface area contributed by atoms with E-state index in [1.807, 2.05) is 0 Å². The van der Waals surface area contributed by atoms with Crippen LogP contribution in [0.15, 0.2) is 0 Å². The minimum absolute atomic E-state index is 0.100. The van der Waals surface area contributed by atoms with Crippen LogP contribution in [0.5, 0.6) is 0 Å². The fourth-order valence-electron chi connectivity index (χ4n) is 2.33. The molecule has 5 heteroatoms. The van der Waals surface area contributed by atoms with Crippen molar-refractivity contribution in [2.45, 2.75) is 33.1 Å². The van der Waals surface area contributed by atoms with Gasteiger partial charge in [-0.25, -0.2) is 9.59 Å². The molecule has 98 valence electrons. The third kappa shape index (κ3) is 2.30. The second-order valence-electron chi connectivity index (χ2n) is 4.13. The number of hydrogen-bond donors (Lipinski definition) is 0. The predicted molar refractivity (Wildman–Crippen MR) is 69.9 cm³/mol. The molecule has 0 fully saturated rings. The molecule has 0 N–H and O–H groups in total. The topological polar surface area (TPSA) is 52.6 Å². The summed E-state index contributed by atoms with van der Waals surface area (Å²) in [5.74, 6) is -0.547. The van der Waals surface area contributed by atoms with Gasteiger partial charge in [-0.3, -0.25) is 0 Å². The summed E-state index contributed by atoms with van der Waals surface area (Å²) >= 11 is 0. The molecular weight excluding hydrogens is 251 g/mol. The molecule has 0 radical (unpaired) electrons. The first-order valence-corrected chi connectivity index (χ1v) is 7.27. The Bertz CT molecular complexity index is 435. The van der Waals surface area contributed by atoms with E-state index in [9.17, 15) is 9.59 Å². The number of esters is 2. The molecule has 0 unspecified atom stereocenters. The van der Waals surface area contributed by atoms with E-state index in [0.717, 1.165) is 30.4 Å². The summed E-state index contributed by atoms with van der Waals surface area (Å²) in [4.78, 5) is 23.7. The lowest BCUT2D eigenvalue weighted by Gasteiger charge is -2.01. The van der Waals surface area contributed by atoms with Crippen molar-refractivity contribution < 1.29 is 19.1 Å². The molecule has 2 rings (SSSR count). The summed E-state index contributed by atoms with van der Waals surface area (Å²) < 4.78 is 10.1. The number of hydrogen-bond acceptors (Lipinski definition) is 4. The van der Waals surface area contributed by atoms with Gasteiger partial charge >= 0.3 is 11.9 Å². The van der Waals surface area contributed by atoms with Gasteiger partial charge in [0.05, 0.1) is 23.8 Å². The third-order valence-electron chi connectivity index (χ3n) is 3.03. The Morgan fingerprint density at radius 2 is 1.44 bits per heavy atom.